The Hall–Kier alpha value is -0.970. The molecule has 2 fully saturated rings. The molecule has 1 aliphatic heterocycles. The van der Waals surface area contributed by atoms with Crippen LogP contribution in [0.3, 0.4) is 0 Å². The van der Waals surface area contributed by atoms with Crippen molar-refractivity contribution < 1.29 is 4.74 Å². The van der Waals surface area contributed by atoms with E-state index in [-0.39, 0.29) is 11.0 Å². The van der Waals surface area contributed by atoms with Gasteiger partial charge in [-0.3, -0.25) is 4.98 Å². The van der Waals surface area contributed by atoms with Crippen LogP contribution >= 0.6 is 27.5 Å². The summed E-state index contributed by atoms with van der Waals surface area (Å²) >= 11 is 9.49. The average molecular weight is 464 g/mol. The van der Waals surface area contributed by atoms with E-state index in [1.807, 2.05) is 18.5 Å². The minimum absolute atomic E-state index is 0.0980. The van der Waals surface area contributed by atoms with Gasteiger partial charge in [0.25, 0.3) is 0 Å². The van der Waals surface area contributed by atoms with Crippen molar-refractivity contribution in [3.8, 4) is 0 Å². The molecule has 2 aromatic rings. The molecule has 1 saturated carbocycles. The van der Waals surface area contributed by atoms with E-state index < -0.39 is 0 Å². The average Bonchev–Trinajstić information content (AvgIpc) is 3.16. The van der Waals surface area contributed by atoms with Crippen molar-refractivity contribution in [1.29, 1.82) is 0 Å². The lowest BCUT2D eigenvalue weighted by molar-refractivity contribution is -0.104. The van der Waals surface area contributed by atoms with Crippen molar-refractivity contribution in [2.24, 2.45) is 0 Å². The second kappa shape index (κ2) is 8.81. The highest BCUT2D eigenvalue weighted by Gasteiger charge is 2.48. The summed E-state index contributed by atoms with van der Waals surface area (Å²) in [6.07, 6.45) is 15.6. The lowest BCUT2D eigenvalue weighted by Crippen LogP contribution is -2.46. The van der Waals surface area contributed by atoms with E-state index in [4.69, 9.17) is 21.3 Å². The zero-order valence-electron chi connectivity index (χ0n) is 16.3. The number of unbranched alkanes of at least 4 members (excludes halogenated alkanes) is 1. The van der Waals surface area contributed by atoms with Gasteiger partial charge in [-0.1, -0.05) is 36.9 Å². The summed E-state index contributed by atoms with van der Waals surface area (Å²) in [5, 5.41) is 0.530. The first-order chi connectivity index (χ1) is 13.6. The molecule has 2 aliphatic rings. The molecule has 1 atom stereocenters. The van der Waals surface area contributed by atoms with Gasteiger partial charge in [0.1, 0.15) is 5.15 Å². The van der Waals surface area contributed by atoms with E-state index in [9.17, 15) is 0 Å². The minimum Gasteiger partial charge on any atom is -0.375 e. The SMILES string of the molecule is Clc1ncc(CCCC[C@@]2(c3ccccn3)CCOC3(CCCC3)C2)cc1Br. The van der Waals surface area contributed by atoms with Crippen LogP contribution in [-0.2, 0) is 16.6 Å². The molecule has 28 heavy (non-hydrogen) atoms. The van der Waals surface area contributed by atoms with E-state index in [0.717, 1.165) is 36.8 Å². The highest BCUT2D eigenvalue weighted by molar-refractivity contribution is 9.10. The molecule has 3 nitrogen and oxygen atoms in total. The molecule has 0 unspecified atom stereocenters. The van der Waals surface area contributed by atoms with E-state index in [0.29, 0.717) is 5.15 Å². The molecule has 0 radical (unpaired) electrons. The van der Waals surface area contributed by atoms with Crippen LogP contribution in [0.4, 0.5) is 0 Å². The van der Waals surface area contributed by atoms with Crippen molar-refractivity contribution in [3.63, 3.8) is 0 Å². The van der Waals surface area contributed by atoms with Gasteiger partial charge in [0.15, 0.2) is 0 Å². The Morgan fingerprint density at radius 3 is 2.71 bits per heavy atom. The van der Waals surface area contributed by atoms with Crippen molar-refractivity contribution in [1.82, 2.24) is 9.97 Å². The maximum Gasteiger partial charge on any atom is 0.143 e. The Morgan fingerprint density at radius 2 is 1.96 bits per heavy atom. The van der Waals surface area contributed by atoms with E-state index in [1.54, 1.807) is 0 Å². The lowest BCUT2D eigenvalue weighted by atomic mass is 9.67. The number of hydrogen-bond acceptors (Lipinski definition) is 3. The number of aryl methyl sites for hydroxylation is 1. The number of pyridine rings is 2. The molecule has 5 heteroatoms. The fraction of sp³-hybridized carbons (Fsp3) is 0.565. The second-order valence-corrected chi connectivity index (χ2v) is 9.70. The molecule has 4 rings (SSSR count). The summed E-state index contributed by atoms with van der Waals surface area (Å²) in [7, 11) is 0. The van der Waals surface area contributed by atoms with E-state index >= 15 is 0 Å². The van der Waals surface area contributed by atoms with Gasteiger partial charge < -0.3 is 4.74 Å². The first kappa shape index (κ1) is 20.3. The van der Waals surface area contributed by atoms with E-state index in [1.165, 1.54) is 49.8 Å². The van der Waals surface area contributed by atoms with Gasteiger partial charge in [-0.2, -0.15) is 0 Å². The maximum atomic E-state index is 6.35. The van der Waals surface area contributed by atoms with Crippen molar-refractivity contribution in [2.75, 3.05) is 6.61 Å². The van der Waals surface area contributed by atoms with Crippen molar-refractivity contribution in [2.45, 2.75) is 75.2 Å². The predicted octanol–water partition coefficient (Wildman–Crippen LogP) is 6.67. The normalized spacial score (nSPS) is 23.9. The standard InChI is InChI=1S/C23H28BrClN2O/c24-19-15-18(16-27-21(19)25)7-1-3-9-22(20-8-2-6-13-26-20)12-14-28-23(17-22)10-4-5-11-23/h2,6,8,13,15-16H,1,3-5,7,9-12,14,17H2/t22-/m1/s1. The van der Waals surface area contributed by atoms with Gasteiger partial charge in [0.2, 0.25) is 0 Å². The Kier molecular flexibility index (Phi) is 6.39. The molecule has 0 aromatic carbocycles. The van der Waals surface area contributed by atoms with E-state index in [2.05, 4.69) is 39.1 Å². The number of aromatic nitrogens is 2. The van der Waals surface area contributed by atoms with Crippen LogP contribution in [0.25, 0.3) is 0 Å². The third kappa shape index (κ3) is 4.44. The summed E-state index contributed by atoms with van der Waals surface area (Å²) in [5.74, 6) is 0. The molecule has 1 aliphatic carbocycles. The molecule has 0 N–H and O–H groups in total. The second-order valence-electron chi connectivity index (χ2n) is 8.48. The zero-order chi connectivity index (χ0) is 19.5. The molecule has 150 valence electrons. The predicted molar refractivity (Wildman–Crippen MR) is 117 cm³/mol. The van der Waals surface area contributed by atoms with Crippen LogP contribution in [0.15, 0.2) is 41.1 Å². The summed E-state index contributed by atoms with van der Waals surface area (Å²) in [6, 6.07) is 8.48. The third-order valence-electron chi connectivity index (χ3n) is 6.60. The summed E-state index contributed by atoms with van der Waals surface area (Å²) in [4.78, 5) is 9.05. The monoisotopic (exact) mass is 462 g/mol. The zero-order valence-corrected chi connectivity index (χ0v) is 18.6. The topological polar surface area (TPSA) is 35.0 Å². The lowest BCUT2D eigenvalue weighted by Gasteiger charge is -2.46. The van der Waals surface area contributed by atoms with Gasteiger partial charge in [-0.05, 0) is 84.6 Å². The van der Waals surface area contributed by atoms with Crippen molar-refractivity contribution in [3.05, 3.63) is 57.5 Å². The number of hydrogen-bond donors (Lipinski definition) is 0. The molecular weight excluding hydrogens is 436 g/mol. The summed E-state index contributed by atoms with van der Waals surface area (Å²) < 4.78 is 7.23. The van der Waals surface area contributed by atoms with Gasteiger partial charge >= 0.3 is 0 Å². The van der Waals surface area contributed by atoms with Crippen LogP contribution < -0.4 is 0 Å². The summed E-state index contributed by atoms with van der Waals surface area (Å²) in [5.41, 5.74) is 2.76. The fourth-order valence-electron chi connectivity index (χ4n) is 5.19. The van der Waals surface area contributed by atoms with Gasteiger partial charge in [0.05, 0.1) is 10.1 Å². The quantitative estimate of drug-likeness (QED) is 0.354. The Morgan fingerprint density at radius 1 is 1.11 bits per heavy atom. The highest BCUT2D eigenvalue weighted by Crippen LogP contribution is 2.50. The summed E-state index contributed by atoms with van der Waals surface area (Å²) in [6.45, 7) is 0.866. The van der Waals surface area contributed by atoms with Crippen LogP contribution in [0.1, 0.15) is 69.0 Å². The number of rotatable bonds is 6. The van der Waals surface area contributed by atoms with Gasteiger partial charge in [-0.15, -0.1) is 0 Å². The maximum absolute atomic E-state index is 6.35. The molecule has 0 amide bonds. The molecule has 1 saturated heterocycles. The smallest absolute Gasteiger partial charge is 0.143 e. The highest BCUT2D eigenvalue weighted by atomic mass is 79.9. The third-order valence-corrected chi connectivity index (χ3v) is 7.73. The van der Waals surface area contributed by atoms with Gasteiger partial charge in [0, 0.05) is 30.1 Å². The van der Waals surface area contributed by atoms with Crippen LogP contribution in [0, 0.1) is 0 Å². The Labute approximate surface area is 181 Å². The van der Waals surface area contributed by atoms with Crippen LogP contribution in [0.2, 0.25) is 5.15 Å². The number of ether oxygens (including phenoxy) is 1. The number of halogens is 2. The van der Waals surface area contributed by atoms with Gasteiger partial charge in [-0.25, -0.2) is 4.98 Å². The fourth-order valence-corrected chi connectivity index (χ4v) is 5.69. The first-order valence-electron chi connectivity index (χ1n) is 10.5. The Balaban J connectivity index is 1.45. The molecular formula is C23H28BrClN2O. The minimum atomic E-state index is 0.0980. The van der Waals surface area contributed by atoms with Crippen molar-refractivity contribution >= 4 is 27.5 Å². The van der Waals surface area contributed by atoms with Crippen LogP contribution in [-0.4, -0.2) is 22.2 Å². The molecule has 0 bridgehead atoms. The van der Waals surface area contributed by atoms with Crippen LogP contribution in [0.5, 0.6) is 0 Å². The Bertz CT molecular complexity index is 794. The largest absolute Gasteiger partial charge is 0.375 e. The molecule has 3 heterocycles. The molecule has 2 aromatic heterocycles. The first-order valence-corrected chi connectivity index (χ1v) is 11.6. The number of nitrogens with zero attached hydrogens (tertiary/aromatic N) is 2. The molecule has 1 spiro atoms.